The molecule has 1 amide bonds. The molecule has 0 bridgehead atoms. The van der Waals surface area contributed by atoms with Gasteiger partial charge in [-0.05, 0) is 31.4 Å². The zero-order valence-corrected chi connectivity index (χ0v) is 14.1. The Morgan fingerprint density at radius 1 is 1.29 bits per heavy atom. The van der Waals surface area contributed by atoms with E-state index >= 15 is 0 Å². The summed E-state index contributed by atoms with van der Waals surface area (Å²) in [6.07, 6.45) is 2.61. The molecular formula is C17H20ClN3O3. The number of nitrogens with one attached hydrogen (secondary N) is 1. The Hall–Kier alpha value is -1.79. The van der Waals surface area contributed by atoms with Crippen molar-refractivity contribution in [2.24, 2.45) is 5.92 Å². The van der Waals surface area contributed by atoms with E-state index in [9.17, 15) is 4.79 Å². The second-order valence-electron chi connectivity index (χ2n) is 6.44. The smallest absolute Gasteiger partial charge is 0.298 e. The summed E-state index contributed by atoms with van der Waals surface area (Å²) in [5, 5.41) is 3.78. The number of rotatable bonds is 3. The number of carbonyl (C=O) groups is 1. The van der Waals surface area contributed by atoms with Gasteiger partial charge in [-0.2, -0.15) is 4.98 Å². The van der Waals surface area contributed by atoms with Crippen LogP contribution in [-0.4, -0.2) is 43.2 Å². The monoisotopic (exact) mass is 349 g/mol. The van der Waals surface area contributed by atoms with E-state index in [0.29, 0.717) is 23.2 Å². The molecule has 0 spiro atoms. The van der Waals surface area contributed by atoms with Crippen molar-refractivity contribution >= 4 is 34.6 Å². The fourth-order valence-corrected chi connectivity index (χ4v) is 3.49. The molecule has 1 atom stereocenters. The molecule has 7 heteroatoms. The number of benzene rings is 1. The lowest BCUT2D eigenvalue weighted by Crippen LogP contribution is -2.42. The molecule has 24 heavy (non-hydrogen) atoms. The maximum atomic E-state index is 12.5. The normalized spacial score (nSPS) is 22.2. The van der Waals surface area contributed by atoms with E-state index in [1.807, 2.05) is 11.0 Å². The Morgan fingerprint density at radius 2 is 2.12 bits per heavy atom. The summed E-state index contributed by atoms with van der Waals surface area (Å²) >= 11 is 5.98. The van der Waals surface area contributed by atoms with Gasteiger partial charge in [0.05, 0.1) is 5.92 Å². The van der Waals surface area contributed by atoms with Gasteiger partial charge in [-0.25, -0.2) is 0 Å². The van der Waals surface area contributed by atoms with Crippen molar-refractivity contribution in [3.05, 3.63) is 23.2 Å². The number of oxazole rings is 1. The highest BCUT2D eigenvalue weighted by Crippen LogP contribution is 2.28. The number of hydrogen-bond donors (Lipinski definition) is 1. The van der Waals surface area contributed by atoms with Gasteiger partial charge >= 0.3 is 0 Å². The molecule has 0 radical (unpaired) electrons. The van der Waals surface area contributed by atoms with E-state index < -0.39 is 0 Å². The third kappa shape index (κ3) is 3.21. The first-order valence-electron chi connectivity index (χ1n) is 8.38. The lowest BCUT2D eigenvalue weighted by Gasteiger charge is -2.24. The number of anilines is 1. The number of hydrogen-bond acceptors (Lipinski definition) is 5. The van der Waals surface area contributed by atoms with Crippen molar-refractivity contribution in [2.45, 2.75) is 25.3 Å². The second-order valence-corrected chi connectivity index (χ2v) is 6.87. The van der Waals surface area contributed by atoms with Gasteiger partial charge in [0.15, 0.2) is 5.58 Å². The Bertz CT molecular complexity index is 742. The van der Waals surface area contributed by atoms with Gasteiger partial charge in [0, 0.05) is 43.4 Å². The molecule has 1 aromatic carbocycles. The molecule has 4 rings (SSSR count). The average molecular weight is 350 g/mol. The molecule has 2 aliphatic heterocycles. The highest BCUT2D eigenvalue weighted by molar-refractivity contribution is 6.31. The Morgan fingerprint density at radius 3 is 2.96 bits per heavy atom. The van der Waals surface area contributed by atoms with Crippen molar-refractivity contribution < 1.29 is 13.9 Å². The summed E-state index contributed by atoms with van der Waals surface area (Å²) in [5.41, 5.74) is 1.46. The standard InChI is InChI=1S/C17H20ClN3O3/c18-12-1-2-14-15(9-12)24-17(20-14)21-6-3-11(10-21)16(22)19-13-4-7-23-8-5-13/h1-2,9,11,13H,3-8,10H2,(H,19,22). The van der Waals surface area contributed by atoms with Crippen LogP contribution in [0.3, 0.4) is 0 Å². The molecule has 2 aromatic rings. The van der Waals surface area contributed by atoms with E-state index in [1.165, 1.54) is 0 Å². The number of amides is 1. The number of carbonyl (C=O) groups excluding carboxylic acids is 1. The minimum absolute atomic E-state index is 0.0218. The highest BCUT2D eigenvalue weighted by Gasteiger charge is 2.32. The van der Waals surface area contributed by atoms with Crippen molar-refractivity contribution in [2.75, 3.05) is 31.2 Å². The first-order valence-corrected chi connectivity index (χ1v) is 8.76. The van der Waals surface area contributed by atoms with Crippen LogP contribution < -0.4 is 10.2 Å². The number of fused-ring (bicyclic) bond motifs is 1. The Labute approximate surface area is 145 Å². The average Bonchev–Trinajstić information content (AvgIpc) is 3.22. The molecule has 1 N–H and O–H groups in total. The van der Waals surface area contributed by atoms with Crippen LogP contribution >= 0.6 is 11.6 Å². The summed E-state index contributed by atoms with van der Waals surface area (Å²) in [6.45, 7) is 2.86. The van der Waals surface area contributed by atoms with E-state index in [4.69, 9.17) is 20.8 Å². The number of halogens is 1. The molecular weight excluding hydrogens is 330 g/mol. The molecule has 2 saturated heterocycles. The first kappa shape index (κ1) is 15.7. The largest absolute Gasteiger partial charge is 0.423 e. The Kier molecular flexibility index (Phi) is 4.33. The molecule has 0 aliphatic carbocycles. The van der Waals surface area contributed by atoms with Gasteiger partial charge in [0.25, 0.3) is 6.01 Å². The fourth-order valence-electron chi connectivity index (χ4n) is 3.33. The van der Waals surface area contributed by atoms with Crippen LogP contribution in [0.1, 0.15) is 19.3 Å². The van der Waals surface area contributed by atoms with Crippen LogP contribution in [-0.2, 0) is 9.53 Å². The van der Waals surface area contributed by atoms with Crippen molar-refractivity contribution in [3.8, 4) is 0 Å². The van der Waals surface area contributed by atoms with Crippen molar-refractivity contribution in [1.29, 1.82) is 0 Å². The lowest BCUT2D eigenvalue weighted by molar-refractivity contribution is -0.125. The SMILES string of the molecule is O=C(NC1CCOCC1)C1CCN(c2nc3ccc(Cl)cc3o2)C1. The molecule has 2 aliphatic rings. The third-order valence-corrected chi connectivity index (χ3v) is 4.97. The van der Waals surface area contributed by atoms with Gasteiger partial charge in [-0.1, -0.05) is 11.6 Å². The molecule has 1 aromatic heterocycles. The molecule has 2 fully saturated rings. The van der Waals surface area contributed by atoms with E-state index in [0.717, 1.165) is 44.5 Å². The van der Waals surface area contributed by atoms with E-state index in [-0.39, 0.29) is 17.9 Å². The zero-order valence-electron chi connectivity index (χ0n) is 13.3. The summed E-state index contributed by atoms with van der Waals surface area (Å²) < 4.78 is 11.1. The lowest BCUT2D eigenvalue weighted by atomic mass is 10.1. The summed E-state index contributed by atoms with van der Waals surface area (Å²) in [6, 6.07) is 6.21. The van der Waals surface area contributed by atoms with Crippen LogP contribution in [0, 0.1) is 5.92 Å². The van der Waals surface area contributed by atoms with Crippen LogP contribution in [0.25, 0.3) is 11.1 Å². The topological polar surface area (TPSA) is 67.6 Å². The molecule has 128 valence electrons. The van der Waals surface area contributed by atoms with E-state index in [2.05, 4.69) is 10.3 Å². The van der Waals surface area contributed by atoms with Gasteiger partial charge < -0.3 is 19.4 Å². The van der Waals surface area contributed by atoms with Crippen LogP contribution in [0.15, 0.2) is 22.6 Å². The van der Waals surface area contributed by atoms with Crippen LogP contribution in [0.5, 0.6) is 0 Å². The second kappa shape index (κ2) is 6.61. The minimum Gasteiger partial charge on any atom is -0.423 e. The van der Waals surface area contributed by atoms with Gasteiger partial charge in [0.2, 0.25) is 5.91 Å². The number of ether oxygens (including phenoxy) is 1. The van der Waals surface area contributed by atoms with E-state index in [1.54, 1.807) is 12.1 Å². The van der Waals surface area contributed by atoms with Crippen LogP contribution in [0.4, 0.5) is 6.01 Å². The molecule has 6 nitrogen and oxygen atoms in total. The minimum atomic E-state index is -0.0218. The van der Waals surface area contributed by atoms with Crippen molar-refractivity contribution in [3.63, 3.8) is 0 Å². The van der Waals surface area contributed by atoms with Crippen LogP contribution in [0.2, 0.25) is 5.02 Å². The first-order chi connectivity index (χ1) is 11.7. The summed E-state index contributed by atoms with van der Waals surface area (Å²) in [5.74, 6) is 0.106. The predicted octanol–water partition coefficient (Wildman–Crippen LogP) is 2.60. The molecule has 3 heterocycles. The fraction of sp³-hybridized carbons (Fsp3) is 0.529. The van der Waals surface area contributed by atoms with Gasteiger partial charge in [-0.3, -0.25) is 4.79 Å². The molecule has 1 unspecified atom stereocenters. The quantitative estimate of drug-likeness (QED) is 0.922. The predicted molar refractivity (Wildman–Crippen MR) is 91.3 cm³/mol. The Balaban J connectivity index is 1.40. The maximum Gasteiger partial charge on any atom is 0.298 e. The number of aromatic nitrogens is 1. The van der Waals surface area contributed by atoms with Gasteiger partial charge in [-0.15, -0.1) is 0 Å². The highest BCUT2D eigenvalue weighted by atomic mass is 35.5. The van der Waals surface area contributed by atoms with Gasteiger partial charge in [0.1, 0.15) is 5.52 Å². The molecule has 0 saturated carbocycles. The zero-order chi connectivity index (χ0) is 16.5. The third-order valence-electron chi connectivity index (χ3n) is 4.74. The maximum absolute atomic E-state index is 12.5. The summed E-state index contributed by atoms with van der Waals surface area (Å²) in [7, 11) is 0. The summed E-state index contributed by atoms with van der Waals surface area (Å²) in [4.78, 5) is 19.0. The number of nitrogens with zero attached hydrogens (tertiary/aromatic N) is 2. The van der Waals surface area contributed by atoms with Crippen molar-refractivity contribution in [1.82, 2.24) is 10.3 Å².